The molecule has 0 saturated carbocycles. The van der Waals surface area contributed by atoms with Crippen LogP contribution in [0.15, 0.2) is 12.2 Å². The lowest BCUT2D eigenvalue weighted by Crippen LogP contribution is -2.34. The summed E-state index contributed by atoms with van der Waals surface area (Å²) >= 11 is 0. The van der Waals surface area contributed by atoms with Gasteiger partial charge in [0.25, 0.3) is 0 Å². The van der Waals surface area contributed by atoms with Crippen molar-refractivity contribution in [2.24, 2.45) is 17.8 Å². The largest absolute Gasteiger partial charge is 0.469 e. The molecule has 4 heteroatoms. The summed E-state index contributed by atoms with van der Waals surface area (Å²) in [5.74, 6) is -1.29. The van der Waals surface area contributed by atoms with Crippen LogP contribution in [0.5, 0.6) is 0 Å². The highest BCUT2D eigenvalue weighted by Crippen LogP contribution is 2.40. The highest BCUT2D eigenvalue weighted by molar-refractivity contribution is 5.84. The van der Waals surface area contributed by atoms with Crippen molar-refractivity contribution in [3.63, 3.8) is 0 Å². The van der Waals surface area contributed by atoms with Gasteiger partial charge in [-0.15, -0.1) is 0 Å². The monoisotopic (exact) mass is 210 g/mol. The first kappa shape index (κ1) is 10.2. The van der Waals surface area contributed by atoms with Crippen LogP contribution in [0.3, 0.4) is 0 Å². The molecule has 2 rings (SSSR count). The number of rotatable bonds is 1. The van der Waals surface area contributed by atoms with Gasteiger partial charge in [-0.05, 0) is 13.3 Å². The van der Waals surface area contributed by atoms with Gasteiger partial charge in [0.2, 0.25) is 0 Å². The average Bonchev–Trinajstić information content (AvgIpc) is 2.54. The molecule has 0 aromatic heterocycles. The lowest BCUT2D eigenvalue weighted by Gasteiger charge is -2.25. The first-order valence-corrected chi connectivity index (χ1v) is 5.10. The van der Waals surface area contributed by atoms with Crippen molar-refractivity contribution >= 4 is 11.9 Å². The van der Waals surface area contributed by atoms with Crippen LogP contribution in [0, 0.1) is 17.8 Å². The Morgan fingerprint density at radius 3 is 3.00 bits per heavy atom. The second-order valence-electron chi connectivity index (χ2n) is 4.04. The topological polar surface area (TPSA) is 52.6 Å². The molecule has 4 atom stereocenters. The molecule has 0 aromatic carbocycles. The molecule has 1 aliphatic heterocycles. The highest BCUT2D eigenvalue weighted by Gasteiger charge is 2.49. The third kappa shape index (κ3) is 1.54. The van der Waals surface area contributed by atoms with E-state index in [1.807, 2.05) is 19.1 Å². The van der Waals surface area contributed by atoms with Gasteiger partial charge in [0.05, 0.1) is 18.9 Å². The van der Waals surface area contributed by atoms with Crippen molar-refractivity contribution in [2.45, 2.75) is 19.4 Å². The molecule has 82 valence electrons. The lowest BCUT2D eigenvalue weighted by molar-refractivity contribution is -0.154. The van der Waals surface area contributed by atoms with Crippen LogP contribution in [-0.4, -0.2) is 25.2 Å². The Kier molecular flexibility index (Phi) is 2.50. The van der Waals surface area contributed by atoms with Crippen molar-refractivity contribution in [2.75, 3.05) is 7.11 Å². The third-order valence-corrected chi connectivity index (χ3v) is 3.22. The van der Waals surface area contributed by atoms with E-state index in [-0.39, 0.29) is 35.8 Å². The van der Waals surface area contributed by atoms with Gasteiger partial charge in [-0.25, -0.2) is 0 Å². The highest BCUT2D eigenvalue weighted by atomic mass is 16.6. The summed E-state index contributed by atoms with van der Waals surface area (Å²) in [6, 6.07) is 0. The van der Waals surface area contributed by atoms with Crippen LogP contribution in [-0.2, 0) is 19.1 Å². The second-order valence-corrected chi connectivity index (χ2v) is 4.04. The first-order chi connectivity index (χ1) is 7.15. The Morgan fingerprint density at radius 1 is 1.60 bits per heavy atom. The molecule has 4 nitrogen and oxygen atoms in total. The Hall–Kier alpha value is -1.32. The molecule has 1 saturated heterocycles. The van der Waals surface area contributed by atoms with Gasteiger partial charge < -0.3 is 9.47 Å². The van der Waals surface area contributed by atoms with Crippen LogP contribution in [0.4, 0.5) is 0 Å². The summed E-state index contributed by atoms with van der Waals surface area (Å²) in [5.41, 5.74) is 0. The minimum atomic E-state index is -0.373. The third-order valence-electron chi connectivity index (χ3n) is 3.22. The predicted octanol–water partition coefficient (Wildman–Crippen LogP) is 0.913. The minimum absolute atomic E-state index is 0.0235. The van der Waals surface area contributed by atoms with Gasteiger partial charge in [-0.1, -0.05) is 12.2 Å². The molecule has 1 heterocycles. The van der Waals surface area contributed by atoms with E-state index < -0.39 is 0 Å². The van der Waals surface area contributed by atoms with Crippen LogP contribution >= 0.6 is 0 Å². The molecule has 2 aliphatic rings. The van der Waals surface area contributed by atoms with E-state index in [4.69, 9.17) is 9.47 Å². The fourth-order valence-corrected chi connectivity index (χ4v) is 2.42. The molecule has 15 heavy (non-hydrogen) atoms. The number of ether oxygens (including phenoxy) is 2. The quantitative estimate of drug-likeness (QED) is 0.477. The van der Waals surface area contributed by atoms with E-state index in [9.17, 15) is 9.59 Å². The van der Waals surface area contributed by atoms with Crippen molar-refractivity contribution in [3.05, 3.63) is 12.2 Å². The van der Waals surface area contributed by atoms with E-state index in [0.29, 0.717) is 6.42 Å². The van der Waals surface area contributed by atoms with Crippen LogP contribution in [0.25, 0.3) is 0 Å². The minimum Gasteiger partial charge on any atom is -0.469 e. The number of carbonyl (C=O) groups is 2. The summed E-state index contributed by atoms with van der Waals surface area (Å²) < 4.78 is 9.84. The number of fused-ring (bicyclic) bond motifs is 1. The van der Waals surface area contributed by atoms with Crippen LogP contribution in [0.2, 0.25) is 0 Å². The zero-order valence-electron chi connectivity index (χ0n) is 8.80. The average molecular weight is 210 g/mol. The smallest absolute Gasteiger partial charge is 0.310 e. The van der Waals surface area contributed by atoms with Gasteiger partial charge in [0.15, 0.2) is 0 Å². The summed E-state index contributed by atoms with van der Waals surface area (Å²) in [5, 5.41) is 0. The van der Waals surface area contributed by atoms with E-state index >= 15 is 0 Å². The van der Waals surface area contributed by atoms with Gasteiger partial charge in [0.1, 0.15) is 6.10 Å². The standard InChI is InChI=1S/C11H14O4/c1-6-7-4-3-5-8(10(12)14-2)9(7)11(13)15-6/h3-4,6-9H,5H2,1-2H3/t6-,7+,8+,9+/m1/s1. The number of cyclic esters (lactones) is 1. The number of esters is 2. The molecule has 0 N–H and O–H groups in total. The van der Waals surface area contributed by atoms with Gasteiger partial charge in [-0.3, -0.25) is 9.59 Å². The number of hydrogen-bond donors (Lipinski definition) is 0. The van der Waals surface area contributed by atoms with E-state index in [2.05, 4.69) is 0 Å². The summed E-state index contributed by atoms with van der Waals surface area (Å²) in [6.45, 7) is 1.85. The Morgan fingerprint density at radius 2 is 2.33 bits per heavy atom. The number of allylic oxidation sites excluding steroid dienone is 1. The molecule has 0 spiro atoms. The van der Waals surface area contributed by atoms with Gasteiger partial charge in [0, 0.05) is 5.92 Å². The number of carbonyl (C=O) groups excluding carboxylic acids is 2. The summed E-state index contributed by atoms with van der Waals surface area (Å²) in [7, 11) is 1.35. The normalized spacial score (nSPS) is 38.4. The molecule has 1 aliphatic carbocycles. The predicted molar refractivity (Wildman–Crippen MR) is 51.8 cm³/mol. The number of hydrogen-bond acceptors (Lipinski definition) is 4. The van der Waals surface area contributed by atoms with Gasteiger partial charge >= 0.3 is 11.9 Å². The molecule has 0 amide bonds. The maximum Gasteiger partial charge on any atom is 0.310 e. The summed E-state index contributed by atoms with van der Waals surface area (Å²) in [6.07, 6.45) is 4.34. The van der Waals surface area contributed by atoms with Crippen molar-refractivity contribution in [1.29, 1.82) is 0 Å². The Balaban J connectivity index is 2.26. The van der Waals surface area contributed by atoms with E-state index in [1.165, 1.54) is 7.11 Å². The maximum absolute atomic E-state index is 11.6. The molecular weight excluding hydrogens is 196 g/mol. The molecule has 0 radical (unpaired) electrons. The van der Waals surface area contributed by atoms with Crippen molar-refractivity contribution in [1.82, 2.24) is 0 Å². The van der Waals surface area contributed by atoms with Crippen molar-refractivity contribution < 1.29 is 19.1 Å². The second kappa shape index (κ2) is 3.68. The van der Waals surface area contributed by atoms with Crippen LogP contribution < -0.4 is 0 Å². The first-order valence-electron chi connectivity index (χ1n) is 5.10. The number of methoxy groups -OCH3 is 1. The molecule has 0 bridgehead atoms. The zero-order valence-corrected chi connectivity index (χ0v) is 8.80. The molecule has 0 aromatic rings. The fourth-order valence-electron chi connectivity index (χ4n) is 2.42. The molecular formula is C11H14O4. The fraction of sp³-hybridized carbons (Fsp3) is 0.636. The van der Waals surface area contributed by atoms with Gasteiger partial charge in [-0.2, -0.15) is 0 Å². The zero-order chi connectivity index (χ0) is 11.0. The van der Waals surface area contributed by atoms with E-state index in [0.717, 1.165) is 0 Å². The van der Waals surface area contributed by atoms with E-state index in [1.54, 1.807) is 0 Å². The Labute approximate surface area is 88.2 Å². The summed E-state index contributed by atoms with van der Waals surface area (Å²) in [4.78, 5) is 23.1. The molecule has 0 unspecified atom stereocenters. The maximum atomic E-state index is 11.6. The Bertz CT molecular complexity index is 321. The SMILES string of the molecule is COC(=O)[C@H]1CC=C[C@@H]2[C@@H]1C(=O)O[C@@H]2C. The lowest BCUT2D eigenvalue weighted by atomic mass is 9.75. The van der Waals surface area contributed by atoms with Crippen LogP contribution in [0.1, 0.15) is 13.3 Å². The van der Waals surface area contributed by atoms with Crippen molar-refractivity contribution in [3.8, 4) is 0 Å². The molecule has 1 fully saturated rings.